The van der Waals surface area contributed by atoms with Crippen molar-refractivity contribution in [1.82, 2.24) is 15.7 Å². The van der Waals surface area contributed by atoms with E-state index in [1.807, 2.05) is 12.1 Å². The molecular weight excluding hydrogens is 256 g/mol. The van der Waals surface area contributed by atoms with Crippen molar-refractivity contribution in [2.45, 2.75) is 6.92 Å². The van der Waals surface area contributed by atoms with E-state index < -0.39 is 5.91 Å². The third kappa shape index (κ3) is 2.72. The van der Waals surface area contributed by atoms with Crippen molar-refractivity contribution in [2.24, 2.45) is 5.10 Å². The Hall–Kier alpha value is -2.21. The third-order valence-corrected chi connectivity index (χ3v) is 2.49. The average Bonchev–Trinajstić information content (AvgIpc) is 2.78. The first-order valence-electron chi connectivity index (χ1n) is 5.05. The highest BCUT2D eigenvalue weighted by atomic mass is 35.5. The first-order chi connectivity index (χ1) is 8.68. The van der Waals surface area contributed by atoms with Gasteiger partial charge in [-0.3, -0.25) is 4.79 Å². The Bertz CT molecular complexity index is 594. The lowest BCUT2D eigenvalue weighted by atomic mass is 10.2. The summed E-state index contributed by atoms with van der Waals surface area (Å²) in [6.45, 7) is 1.61. The minimum atomic E-state index is -0.489. The van der Waals surface area contributed by atoms with Gasteiger partial charge in [-0.25, -0.2) is 10.1 Å². The van der Waals surface area contributed by atoms with Crippen LogP contribution in [0.1, 0.15) is 21.7 Å². The molecule has 0 unspecified atom stereocenters. The van der Waals surface area contributed by atoms with E-state index in [2.05, 4.69) is 25.5 Å². The topological polar surface area (TPSA) is 80.4 Å². The summed E-state index contributed by atoms with van der Waals surface area (Å²) in [6.07, 6.45) is 1.45. The van der Waals surface area contributed by atoms with Gasteiger partial charge in [0.15, 0.2) is 5.69 Å². The van der Waals surface area contributed by atoms with E-state index in [9.17, 15) is 4.79 Å². The molecule has 0 aliphatic carbocycles. The second-order valence-corrected chi connectivity index (χ2v) is 3.83. The normalized spacial score (nSPS) is 10.8. The van der Waals surface area contributed by atoms with Crippen LogP contribution in [0.2, 0.25) is 5.02 Å². The summed E-state index contributed by atoms with van der Waals surface area (Å²) < 4.78 is 4.42. The van der Waals surface area contributed by atoms with Crippen LogP contribution in [0.15, 0.2) is 34.0 Å². The third-order valence-electron chi connectivity index (χ3n) is 2.14. The van der Waals surface area contributed by atoms with Gasteiger partial charge < -0.3 is 0 Å². The number of aryl methyl sites for hydroxylation is 1. The lowest BCUT2D eigenvalue weighted by Crippen LogP contribution is -2.19. The second-order valence-electron chi connectivity index (χ2n) is 3.42. The van der Waals surface area contributed by atoms with E-state index in [0.29, 0.717) is 16.3 Å². The molecule has 18 heavy (non-hydrogen) atoms. The predicted molar refractivity (Wildman–Crippen MR) is 65.5 cm³/mol. The average molecular weight is 265 g/mol. The van der Waals surface area contributed by atoms with Crippen LogP contribution in [-0.4, -0.2) is 22.4 Å². The van der Waals surface area contributed by atoms with Gasteiger partial charge in [-0.05, 0) is 18.1 Å². The van der Waals surface area contributed by atoms with Crippen molar-refractivity contribution in [3.8, 4) is 0 Å². The Labute approximate surface area is 108 Å². The number of halogens is 1. The Morgan fingerprint density at radius 1 is 1.44 bits per heavy atom. The second kappa shape index (κ2) is 5.42. The van der Waals surface area contributed by atoms with E-state index in [1.165, 1.54) is 6.21 Å². The lowest BCUT2D eigenvalue weighted by molar-refractivity contribution is 0.0945. The van der Waals surface area contributed by atoms with Gasteiger partial charge in [0, 0.05) is 10.6 Å². The lowest BCUT2D eigenvalue weighted by Gasteiger charge is -1.97. The standard InChI is InChI=1S/C11H9ClN4O2/c1-7-10(16-18-15-7)11(17)14-13-6-8-4-2-3-5-9(8)12/h2-6H,1H3,(H,14,17)/b13-6+. The molecule has 2 rings (SSSR count). The maximum Gasteiger partial charge on any atom is 0.295 e. The number of hydrogen-bond donors (Lipinski definition) is 1. The minimum Gasteiger partial charge on any atom is -0.265 e. The zero-order valence-corrected chi connectivity index (χ0v) is 10.2. The van der Waals surface area contributed by atoms with Gasteiger partial charge in [0.05, 0.1) is 6.21 Å². The number of nitrogens with one attached hydrogen (secondary N) is 1. The summed E-state index contributed by atoms with van der Waals surface area (Å²) >= 11 is 5.92. The molecule has 6 nitrogen and oxygen atoms in total. The quantitative estimate of drug-likeness (QED) is 0.677. The number of rotatable bonds is 3. The number of carbonyl (C=O) groups is 1. The van der Waals surface area contributed by atoms with Crippen LogP contribution in [0.3, 0.4) is 0 Å². The molecule has 1 aromatic carbocycles. The highest BCUT2D eigenvalue weighted by molar-refractivity contribution is 6.33. The fraction of sp³-hybridized carbons (Fsp3) is 0.0909. The highest BCUT2D eigenvalue weighted by Gasteiger charge is 2.13. The van der Waals surface area contributed by atoms with Crippen LogP contribution >= 0.6 is 11.6 Å². The van der Waals surface area contributed by atoms with Gasteiger partial charge in [0.2, 0.25) is 0 Å². The van der Waals surface area contributed by atoms with Crippen molar-refractivity contribution in [3.63, 3.8) is 0 Å². The maximum atomic E-state index is 11.6. The number of aromatic nitrogens is 2. The number of benzene rings is 1. The molecule has 0 radical (unpaired) electrons. The summed E-state index contributed by atoms with van der Waals surface area (Å²) in [6, 6.07) is 7.14. The van der Waals surface area contributed by atoms with E-state index in [-0.39, 0.29) is 5.69 Å². The Morgan fingerprint density at radius 3 is 2.89 bits per heavy atom. The smallest absolute Gasteiger partial charge is 0.265 e. The first-order valence-corrected chi connectivity index (χ1v) is 5.43. The maximum absolute atomic E-state index is 11.6. The fourth-order valence-electron chi connectivity index (χ4n) is 1.23. The molecule has 1 heterocycles. The van der Waals surface area contributed by atoms with Gasteiger partial charge in [-0.2, -0.15) is 5.10 Å². The number of hydrogen-bond acceptors (Lipinski definition) is 5. The number of carbonyl (C=O) groups excluding carboxylic acids is 1. The van der Waals surface area contributed by atoms with Gasteiger partial charge in [-0.15, -0.1) is 0 Å². The van der Waals surface area contributed by atoms with Gasteiger partial charge in [-0.1, -0.05) is 35.0 Å². The van der Waals surface area contributed by atoms with E-state index in [1.54, 1.807) is 19.1 Å². The minimum absolute atomic E-state index is 0.103. The molecular formula is C11H9ClN4O2. The van der Waals surface area contributed by atoms with Crippen LogP contribution in [0.5, 0.6) is 0 Å². The van der Waals surface area contributed by atoms with E-state index in [4.69, 9.17) is 11.6 Å². The molecule has 0 fully saturated rings. The molecule has 0 aliphatic rings. The fourth-order valence-corrected chi connectivity index (χ4v) is 1.42. The zero-order valence-electron chi connectivity index (χ0n) is 9.42. The predicted octanol–water partition coefficient (Wildman–Crippen LogP) is 1.80. The molecule has 0 saturated carbocycles. The molecule has 1 amide bonds. The summed E-state index contributed by atoms with van der Waals surface area (Å²) in [5, 5.41) is 11.3. The molecule has 1 aromatic heterocycles. The Morgan fingerprint density at radius 2 is 2.22 bits per heavy atom. The van der Waals surface area contributed by atoms with Gasteiger partial charge >= 0.3 is 0 Å². The van der Waals surface area contributed by atoms with E-state index in [0.717, 1.165) is 0 Å². The first kappa shape index (κ1) is 12.3. The molecule has 0 atom stereocenters. The summed E-state index contributed by atoms with van der Waals surface area (Å²) in [4.78, 5) is 11.6. The van der Waals surface area contributed by atoms with Crippen molar-refractivity contribution < 1.29 is 9.42 Å². The van der Waals surface area contributed by atoms with Crippen molar-refractivity contribution in [1.29, 1.82) is 0 Å². The molecule has 0 saturated heterocycles. The summed E-state index contributed by atoms with van der Waals surface area (Å²) in [5.74, 6) is -0.489. The van der Waals surface area contributed by atoms with Crippen LogP contribution < -0.4 is 5.43 Å². The van der Waals surface area contributed by atoms with Crippen LogP contribution in [0.25, 0.3) is 0 Å². The molecule has 0 bridgehead atoms. The van der Waals surface area contributed by atoms with Crippen molar-refractivity contribution in [2.75, 3.05) is 0 Å². The molecule has 0 spiro atoms. The monoisotopic (exact) mass is 264 g/mol. The van der Waals surface area contributed by atoms with Gasteiger partial charge in [0.25, 0.3) is 5.91 Å². The van der Waals surface area contributed by atoms with Crippen molar-refractivity contribution >= 4 is 23.7 Å². The molecule has 2 aromatic rings. The Balaban J connectivity index is 2.03. The number of nitrogens with zero attached hydrogens (tertiary/aromatic N) is 3. The molecule has 0 aliphatic heterocycles. The van der Waals surface area contributed by atoms with Crippen molar-refractivity contribution in [3.05, 3.63) is 46.2 Å². The SMILES string of the molecule is Cc1nonc1C(=O)N/N=C/c1ccccc1Cl. The van der Waals surface area contributed by atoms with Gasteiger partial charge in [0.1, 0.15) is 5.69 Å². The largest absolute Gasteiger partial charge is 0.295 e. The zero-order chi connectivity index (χ0) is 13.0. The summed E-state index contributed by atoms with van der Waals surface area (Å²) in [5.41, 5.74) is 3.52. The number of hydrazone groups is 1. The molecule has 7 heteroatoms. The van der Waals surface area contributed by atoms with Crippen LogP contribution in [-0.2, 0) is 0 Å². The number of amides is 1. The Kier molecular flexibility index (Phi) is 3.69. The highest BCUT2D eigenvalue weighted by Crippen LogP contribution is 2.12. The molecule has 1 N–H and O–H groups in total. The molecule has 92 valence electrons. The summed E-state index contributed by atoms with van der Waals surface area (Å²) in [7, 11) is 0. The van der Waals surface area contributed by atoms with E-state index >= 15 is 0 Å². The van der Waals surface area contributed by atoms with Crippen LogP contribution in [0, 0.1) is 6.92 Å². The van der Waals surface area contributed by atoms with Crippen LogP contribution in [0.4, 0.5) is 0 Å².